The number of aromatic amines is 1. The zero-order valence-electron chi connectivity index (χ0n) is 13.8. The molecule has 1 amide bonds. The fourth-order valence-corrected chi connectivity index (χ4v) is 2.70. The summed E-state index contributed by atoms with van der Waals surface area (Å²) in [7, 11) is 0. The van der Waals surface area contributed by atoms with Crippen LogP contribution in [0.2, 0.25) is 0 Å². The second kappa shape index (κ2) is 6.18. The normalized spacial score (nSPS) is 15.6. The van der Waals surface area contributed by atoms with Crippen molar-refractivity contribution in [1.29, 1.82) is 0 Å². The third-order valence-electron chi connectivity index (χ3n) is 4.17. The largest absolute Gasteiger partial charge is 0.448 e. The van der Waals surface area contributed by atoms with Gasteiger partial charge in [0.15, 0.2) is 0 Å². The second-order valence-electron chi connectivity index (χ2n) is 6.56. The summed E-state index contributed by atoms with van der Waals surface area (Å²) >= 11 is 0. The number of H-pyrrole nitrogens is 1. The number of anilines is 1. The number of carbonyl (C=O) groups excluding carboxylic acids is 1. The van der Waals surface area contributed by atoms with E-state index in [1.807, 2.05) is 37.3 Å². The molecule has 7 heteroatoms. The Labute approximate surface area is 144 Å². The first-order valence-corrected chi connectivity index (χ1v) is 8.03. The van der Waals surface area contributed by atoms with Crippen LogP contribution in [0.3, 0.4) is 0 Å². The quantitative estimate of drug-likeness (QED) is 0.762. The fourth-order valence-electron chi connectivity index (χ4n) is 2.70. The number of nitrogens with one attached hydrogen (secondary N) is 2. The minimum Gasteiger partial charge on any atom is -0.448 e. The molecule has 0 aliphatic carbocycles. The van der Waals surface area contributed by atoms with Crippen LogP contribution in [0.25, 0.3) is 22.2 Å². The SMILES string of the molecule is CC1(COC(=O)Nc2nc3ccc(-c4ccncc4)cc3[nH]2)COC1. The van der Waals surface area contributed by atoms with E-state index >= 15 is 0 Å². The van der Waals surface area contributed by atoms with E-state index in [-0.39, 0.29) is 5.41 Å². The summed E-state index contributed by atoms with van der Waals surface area (Å²) in [6, 6.07) is 9.77. The molecular weight excluding hydrogens is 320 g/mol. The zero-order valence-corrected chi connectivity index (χ0v) is 13.8. The number of hydrogen-bond donors (Lipinski definition) is 2. The standard InChI is InChI=1S/C18H18N4O3/c1-18(9-24-10-18)11-25-17(23)22-16-20-14-3-2-13(8-15(14)21-16)12-4-6-19-7-5-12/h2-8H,9-11H2,1H3,(H2,20,21,22,23). The third-order valence-corrected chi connectivity index (χ3v) is 4.17. The van der Waals surface area contributed by atoms with Crippen LogP contribution in [-0.4, -0.2) is 40.9 Å². The molecule has 0 bridgehead atoms. The summed E-state index contributed by atoms with van der Waals surface area (Å²) in [5.41, 5.74) is 3.64. The molecule has 128 valence electrons. The van der Waals surface area contributed by atoms with Gasteiger partial charge in [0, 0.05) is 17.8 Å². The summed E-state index contributed by atoms with van der Waals surface area (Å²) in [6.45, 7) is 3.57. The minimum atomic E-state index is -0.526. The third kappa shape index (κ3) is 3.32. The maximum absolute atomic E-state index is 11.9. The molecule has 0 atom stereocenters. The first-order valence-electron chi connectivity index (χ1n) is 8.03. The molecule has 0 saturated carbocycles. The lowest BCUT2D eigenvalue weighted by molar-refractivity contribution is -0.125. The summed E-state index contributed by atoms with van der Waals surface area (Å²) in [6.07, 6.45) is 2.98. The molecule has 7 nitrogen and oxygen atoms in total. The highest BCUT2D eigenvalue weighted by Gasteiger charge is 2.34. The molecule has 0 radical (unpaired) electrons. The summed E-state index contributed by atoms with van der Waals surface area (Å²) < 4.78 is 10.4. The molecule has 1 aliphatic rings. The van der Waals surface area contributed by atoms with E-state index in [2.05, 4.69) is 20.3 Å². The molecule has 3 heterocycles. The molecule has 1 fully saturated rings. The van der Waals surface area contributed by atoms with Gasteiger partial charge >= 0.3 is 6.09 Å². The van der Waals surface area contributed by atoms with E-state index < -0.39 is 6.09 Å². The first kappa shape index (κ1) is 15.6. The van der Waals surface area contributed by atoms with Gasteiger partial charge in [0.1, 0.15) is 6.61 Å². The number of carbonyl (C=O) groups is 1. The zero-order chi connectivity index (χ0) is 17.3. The van der Waals surface area contributed by atoms with Crippen LogP contribution in [-0.2, 0) is 9.47 Å². The number of hydrogen-bond acceptors (Lipinski definition) is 5. The number of aromatic nitrogens is 3. The van der Waals surface area contributed by atoms with Crippen molar-refractivity contribution in [2.24, 2.45) is 5.41 Å². The maximum atomic E-state index is 11.9. The van der Waals surface area contributed by atoms with Gasteiger partial charge in [0.2, 0.25) is 5.95 Å². The van der Waals surface area contributed by atoms with Gasteiger partial charge in [-0.1, -0.05) is 13.0 Å². The Kier molecular flexibility index (Phi) is 3.85. The van der Waals surface area contributed by atoms with Gasteiger partial charge in [0.05, 0.1) is 24.2 Å². The fraction of sp³-hybridized carbons (Fsp3) is 0.278. The molecule has 0 spiro atoms. The lowest BCUT2D eigenvalue weighted by Gasteiger charge is -2.36. The Morgan fingerprint density at radius 1 is 1.28 bits per heavy atom. The van der Waals surface area contributed by atoms with Crippen LogP contribution in [0, 0.1) is 5.41 Å². The van der Waals surface area contributed by atoms with Gasteiger partial charge in [-0.2, -0.15) is 0 Å². The van der Waals surface area contributed by atoms with Gasteiger partial charge in [-0.15, -0.1) is 0 Å². The predicted octanol–water partition coefficient (Wildman–Crippen LogP) is 3.21. The maximum Gasteiger partial charge on any atom is 0.413 e. The van der Waals surface area contributed by atoms with E-state index in [1.54, 1.807) is 12.4 Å². The van der Waals surface area contributed by atoms with Crippen molar-refractivity contribution in [2.75, 3.05) is 25.1 Å². The Morgan fingerprint density at radius 2 is 2.08 bits per heavy atom. The Balaban J connectivity index is 1.46. The second-order valence-corrected chi connectivity index (χ2v) is 6.56. The molecule has 2 aromatic heterocycles. The number of fused-ring (bicyclic) bond motifs is 1. The topological polar surface area (TPSA) is 89.1 Å². The number of pyridine rings is 1. The number of imidazole rings is 1. The highest BCUT2D eigenvalue weighted by molar-refractivity contribution is 5.88. The number of ether oxygens (including phenoxy) is 2. The average molecular weight is 338 g/mol. The molecule has 0 unspecified atom stereocenters. The van der Waals surface area contributed by atoms with Crippen molar-refractivity contribution in [1.82, 2.24) is 15.0 Å². The van der Waals surface area contributed by atoms with Crippen molar-refractivity contribution >= 4 is 23.1 Å². The van der Waals surface area contributed by atoms with Crippen LogP contribution in [0.15, 0.2) is 42.7 Å². The summed E-state index contributed by atoms with van der Waals surface area (Å²) in [5, 5.41) is 2.63. The monoisotopic (exact) mass is 338 g/mol. The van der Waals surface area contributed by atoms with Gasteiger partial charge in [0.25, 0.3) is 0 Å². The molecule has 25 heavy (non-hydrogen) atoms. The van der Waals surface area contributed by atoms with Crippen LogP contribution in [0.4, 0.5) is 10.7 Å². The lowest BCUT2D eigenvalue weighted by atomic mass is 9.90. The van der Waals surface area contributed by atoms with Crippen molar-refractivity contribution in [3.63, 3.8) is 0 Å². The summed E-state index contributed by atoms with van der Waals surface area (Å²) in [5.74, 6) is 0.363. The molecule has 1 aromatic carbocycles. The highest BCUT2D eigenvalue weighted by atomic mass is 16.6. The van der Waals surface area contributed by atoms with E-state index in [4.69, 9.17) is 9.47 Å². The molecule has 1 aliphatic heterocycles. The van der Waals surface area contributed by atoms with Crippen LogP contribution >= 0.6 is 0 Å². The molecule has 3 aromatic rings. The van der Waals surface area contributed by atoms with E-state index in [9.17, 15) is 4.79 Å². The van der Waals surface area contributed by atoms with E-state index in [1.165, 1.54) is 0 Å². The van der Waals surface area contributed by atoms with E-state index in [0.29, 0.717) is 25.8 Å². The van der Waals surface area contributed by atoms with Crippen LogP contribution in [0.5, 0.6) is 0 Å². The molecule has 1 saturated heterocycles. The van der Waals surface area contributed by atoms with Gasteiger partial charge in [-0.05, 0) is 35.4 Å². The van der Waals surface area contributed by atoms with E-state index in [0.717, 1.165) is 22.2 Å². The van der Waals surface area contributed by atoms with Crippen molar-refractivity contribution in [2.45, 2.75) is 6.92 Å². The average Bonchev–Trinajstić information content (AvgIpc) is 3.00. The minimum absolute atomic E-state index is 0.0787. The lowest BCUT2D eigenvalue weighted by Crippen LogP contribution is -2.44. The highest BCUT2D eigenvalue weighted by Crippen LogP contribution is 2.27. The smallest absolute Gasteiger partial charge is 0.413 e. The van der Waals surface area contributed by atoms with Crippen molar-refractivity contribution < 1.29 is 14.3 Å². The van der Waals surface area contributed by atoms with Crippen molar-refractivity contribution in [3.05, 3.63) is 42.7 Å². The number of nitrogens with zero attached hydrogens (tertiary/aromatic N) is 2. The number of amides is 1. The molecule has 4 rings (SSSR count). The van der Waals surface area contributed by atoms with Gasteiger partial charge in [-0.3, -0.25) is 10.3 Å². The molecular formula is C18H18N4O3. The van der Waals surface area contributed by atoms with Crippen LogP contribution in [0.1, 0.15) is 6.92 Å². The summed E-state index contributed by atoms with van der Waals surface area (Å²) in [4.78, 5) is 23.4. The predicted molar refractivity (Wildman–Crippen MR) is 93.2 cm³/mol. The number of rotatable bonds is 4. The Hall–Kier alpha value is -2.93. The Bertz CT molecular complexity index is 903. The van der Waals surface area contributed by atoms with Gasteiger partial charge < -0.3 is 14.5 Å². The van der Waals surface area contributed by atoms with Crippen molar-refractivity contribution in [3.8, 4) is 11.1 Å². The van der Waals surface area contributed by atoms with Crippen LogP contribution < -0.4 is 5.32 Å². The number of benzene rings is 1. The van der Waals surface area contributed by atoms with Gasteiger partial charge in [-0.25, -0.2) is 9.78 Å². The first-order chi connectivity index (χ1) is 12.1. The Morgan fingerprint density at radius 3 is 2.80 bits per heavy atom. The molecule has 2 N–H and O–H groups in total.